The molecule has 1 heterocycles. The average molecular weight is 424 g/mol. The first-order valence-electron chi connectivity index (χ1n) is 10.2. The van der Waals surface area contributed by atoms with Gasteiger partial charge in [0.25, 0.3) is 0 Å². The molecule has 164 valence electrons. The van der Waals surface area contributed by atoms with Gasteiger partial charge in [-0.25, -0.2) is 0 Å². The Bertz CT molecular complexity index is 1090. The SMILES string of the molecule is CC(C)=CCc1cc([C@H]2CC(=O)c3c(O)cc(O)c(CC=C(C)C)c3O2)cc(O)c1O. The van der Waals surface area contributed by atoms with Gasteiger partial charge in [-0.1, -0.05) is 23.3 Å². The van der Waals surface area contributed by atoms with Crippen LogP contribution in [-0.4, -0.2) is 26.2 Å². The van der Waals surface area contributed by atoms with Crippen molar-refractivity contribution in [1.82, 2.24) is 0 Å². The summed E-state index contributed by atoms with van der Waals surface area (Å²) >= 11 is 0. The van der Waals surface area contributed by atoms with Crippen LogP contribution >= 0.6 is 0 Å². The highest BCUT2D eigenvalue weighted by Gasteiger charge is 2.34. The Morgan fingerprint density at radius 3 is 2.23 bits per heavy atom. The van der Waals surface area contributed by atoms with E-state index in [9.17, 15) is 25.2 Å². The predicted molar refractivity (Wildman–Crippen MR) is 118 cm³/mol. The number of ether oxygens (including phenoxy) is 1. The van der Waals surface area contributed by atoms with Gasteiger partial charge >= 0.3 is 0 Å². The Morgan fingerprint density at radius 2 is 1.58 bits per heavy atom. The largest absolute Gasteiger partial charge is 0.507 e. The van der Waals surface area contributed by atoms with Crippen molar-refractivity contribution in [3.05, 3.63) is 63.8 Å². The molecule has 6 nitrogen and oxygen atoms in total. The van der Waals surface area contributed by atoms with E-state index in [-0.39, 0.29) is 46.5 Å². The fraction of sp³-hybridized carbons (Fsp3) is 0.320. The first kappa shape index (κ1) is 22.3. The molecule has 6 heteroatoms. The minimum absolute atomic E-state index is 0.0419. The van der Waals surface area contributed by atoms with E-state index in [4.69, 9.17) is 4.74 Å². The predicted octanol–water partition coefficient (Wildman–Crippen LogP) is 5.23. The molecule has 3 rings (SSSR count). The molecule has 1 aliphatic heterocycles. The summed E-state index contributed by atoms with van der Waals surface area (Å²) in [5.74, 6) is -1.15. The first-order chi connectivity index (χ1) is 14.6. The van der Waals surface area contributed by atoms with E-state index in [1.807, 2.05) is 39.8 Å². The third-order valence-corrected chi connectivity index (χ3v) is 5.26. The van der Waals surface area contributed by atoms with E-state index in [0.717, 1.165) is 11.1 Å². The van der Waals surface area contributed by atoms with Crippen molar-refractivity contribution in [1.29, 1.82) is 0 Å². The maximum Gasteiger partial charge on any atom is 0.174 e. The van der Waals surface area contributed by atoms with Crippen molar-refractivity contribution in [2.75, 3.05) is 0 Å². The van der Waals surface area contributed by atoms with Gasteiger partial charge in [0.15, 0.2) is 17.3 Å². The molecule has 0 aromatic heterocycles. The van der Waals surface area contributed by atoms with Crippen molar-refractivity contribution >= 4 is 5.78 Å². The zero-order valence-corrected chi connectivity index (χ0v) is 18.2. The highest BCUT2D eigenvalue weighted by Crippen LogP contribution is 2.46. The number of carbonyl (C=O) groups excluding carboxylic acids is 1. The number of aromatic hydroxyl groups is 4. The van der Waals surface area contributed by atoms with Crippen LogP contribution in [0, 0.1) is 0 Å². The summed E-state index contributed by atoms with van der Waals surface area (Å²) in [6.07, 6.45) is 3.80. The molecule has 0 amide bonds. The molecule has 0 aliphatic carbocycles. The van der Waals surface area contributed by atoms with Crippen LogP contribution in [0.3, 0.4) is 0 Å². The van der Waals surface area contributed by atoms with Gasteiger partial charge in [-0.2, -0.15) is 0 Å². The highest BCUT2D eigenvalue weighted by molar-refractivity contribution is 6.03. The van der Waals surface area contributed by atoms with Crippen molar-refractivity contribution in [2.24, 2.45) is 0 Å². The maximum atomic E-state index is 12.9. The summed E-state index contributed by atoms with van der Waals surface area (Å²) in [6, 6.07) is 4.25. The summed E-state index contributed by atoms with van der Waals surface area (Å²) < 4.78 is 6.11. The van der Waals surface area contributed by atoms with Crippen LogP contribution in [0.2, 0.25) is 0 Å². The Kier molecular flexibility index (Phi) is 6.29. The molecule has 0 saturated heterocycles. The zero-order chi connectivity index (χ0) is 22.9. The molecule has 0 spiro atoms. The molecule has 31 heavy (non-hydrogen) atoms. The van der Waals surface area contributed by atoms with E-state index in [2.05, 4.69) is 0 Å². The summed E-state index contributed by atoms with van der Waals surface area (Å²) in [5, 5.41) is 41.1. The number of fused-ring (bicyclic) bond motifs is 1. The molecule has 4 N–H and O–H groups in total. The smallest absolute Gasteiger partial charge is 0.174 e. The molecule has 2 aromatic rings. The third-order valence-electron chi connectivity index (χ3n) is 5.26. The topological polar surface area (TPSA) is 107 Å². The van der Waals surface area contributed by atoms with Crippen LogP contribution in [0.25, 0.3) is 0 Å². The van der Waals surface area contributed by atoms with Gasteiger partial charge in [0, 0.05) is 17.2 Å². The van der Waals surface area contributed by atoms with Gasteiger partial charge < -0.3 is 25.2 Å². The van der Waals surface area contributed by atoms with Gasteiger partial charge in [-0.3, -0.25) is 4.79 Å². The van der Waals surface area contributed by atoms with E-state index >= 15 is 0 Å². The van der Waals surface area contributed by atoms with Crippen LogP contribution in [0.5, 0.6) is 28.7 Å². The Balaban J connectivity index is 2.07. The number of benzene rings is 2. The highest BCUT2D eigenvalue weighted by atomic mass is 16.5. The summed E-state index contributed by atoms with van der Waals surface area (Å²) in [6.45, 7) is 7.72. The standard InChI is InChI=1S/C25H28O6/c1-13(2)5-7-15-9-16(10-21(29)24(15)30)22-12-20(28)23-19(27)11-18(26)17(25(23)31-22)8-6-14(3)4/h5-6,9-11,22,26-27,29-30H,7-8,12H2,1-4H3/t22-/m1/s1. The van der Waals surface area contributed by atoms with Crippen molar-refractivity contribution in [2.45, 2.75) is 53.1 Å². The Labute approximate surface area is 181 Å². The number of hydrogen-bond donors (Lipinski definition) is 4. The number of hydrogen-bond acceptors (Lipinski definition) is 6. The molecule has 0 unspecified atom stereocenters. The minimum atomic E-state index is -0.733. The number of Topliss-reactive ketones (excluding diaryl/α,β-unsaturated/α-hetero) is 1. The van der Waals surface area contributed by atoms with Crippen LogP contribution in [-0.2, 0) is 12.8 Å². The average Bonchev–Trinajstić information content (AvgIpc) is 2.67. The zero-order valence-electron chi connectivity index (χ0n) is 18.2. The maximum absolute atomic E-state index is 12.9. The molecule has 0 fully saturated rings. The van der Waals surface area contributed by atoms with Crippen LogP contribution in [0.4, 0.5) is 0 Å². The third kappa shape index (κ3) is 4.68. The van der Waals surface area contributed by atoms with Crippen molar-refractivity contribution < 1.29 is 30.0 Å². The summed E-state index contributed by atoms with van der Waals surface area (Å²) in [4.78, 5) is 12.9. The lowest BCUT2D eigenvalue weighted by molar-refractivity contribution is 0.0842. The molecule has 0 bridgehead atoms. The fourth-order valence-electron chi connectivity index (χ4n) is 3.57. The monoisotopic (exact) mass is 424 g/mol. The van der Waals surface area contributed by atoms with E-state index in [0.29, 0.717) is 29.5 Å². The Morgan fingerprint density at radius 1 is 0.935 bits per heavy atom. The van der Waals surface area contributed by atoms with E-state index < -0.39 is 6.10 Å². The second-order valence-corrected chi connectivity index (χ2v) is 8.35. The lowest BCUT2D eigenvalue weighted by Crippen LogP contribution is -2.22. The summed E-state index contributed by atoms with van der Waals surface area (Å²) in [5.41, 5.74) is 3.62. The number of ketones is 1. The molecule has 1 aliphatic rings. The summed E-state index contributed by atoms with van der Waals surface area (Å²) in [7, 11) is 0. The number of allylic oxidation sites excluding steroid dienone is 4. The van der Waals surface area contributed by atoms with Crippen LogP contribution < -0.4 is 4.74 Å². The van der Waals surface area contributed by atoms with E-state index in [1.54, 1.807) is 6.07 Å². The molecule has 0 radical (unpaired) electrons. The quantitative estimate of drug-likeness (QED) is 0.387. The number of phenols is 4. The van der Waals surface area contributed by atoms with Gasteiger partial charge in [0.05, 0.1) is 6.42 Å². The number of carbonyl (C=O) groups is 1. The second kappa shape index (κ2) is 8.76. The fourth-order valence-corrected chi connectivity index (χ4v) is 3.57. The minimum Gasteiger partial charge on any atom is -0.507 e. The normalized spacial score (nSPS) is 15.1. The van der Waals surface area contributed by atoms with Crippen molar-refractivity contribution in [3.8, 4) is 28.7 Å². The Hall–Kier alpha value is -3.41. The van der Waals surface area contributed by atoms with Crippen LogP contribution in [0.1, 0.15) is 67.3 Å². The number of rotatable bonds is 5. The molecular formula is C25H28O6. The lowest BCUT2D eigenvalue weighted by Gasteiger charge is -2.28. The van der Waals surface area contributed by atoms with Crippen molar-refractivity contribution in [3.63, 3.8) is 0 Å². The molecule has 1 atom stereocenters. The van der Waals surface area contributed by atoms with Gasteiger partial charge in [-0.05, 0) is 58.2 Å². The lowest BCUT2D eigenvalue weighted by atomic mass is 9.91. The van der Waals surface area contributed by atoms with E-state index in [1.165, 1.54) is 12.1 Å². The van der Waals surface area contributed by atoms with Gasteiger partial charge in [0.2, 0.25) is 0 Å². The second-order valence-electron chi connectivity index (χ2n) is 8.35. The molecule has 0 saturated carbocycles. The molecule has 2 aromatic carbocycles. The molecular weight excluding hydrogens is 396 g/mol. The number of phenolic OH excluding ortho intramolecular Hbond substituents is 4. The van der Waals surface area contributed by atoms with Crippen LogP contribution in [0.15, 0.2) is 41.5 Å². The first-order valence-corrected chi connectivity index (χ1v) is 10.2. The van der Waals surface area contributed by atoms with Gasteiger partial charge in [-0.15, -0.1) is 0 Å². The van der Waals surface area contributed by atoms with Gasteiger partial charge in [0.1, 0.15) is 28.9 Å².